The zero-order chi connectivity index (χ0) is 19.5. The smallest absolute Gasteiger partial charge is 0.230 e. The van der Waals surface area contributed by atoms with Crippen LogP contribution in [-0.4, -0.2) is 16.1 Å². The van der Waals surface area contributed by atoms with Gasteiger partial charge >= 0.3 is 0 Å². The minimum Gasteiger partial charge on any atom is -0.491 e. The van der Waals surface area contributed by atoms with Gasteiger partial charge in [-0.15, -0.1) is 0 Å². The molecule has 0 fully saturated rings. The summed E-state index contributed by atoms with van der Waals surface area (Å²) >= 11 is 5.97. The third kappa shape index (κ3) is 4.07. The summed E-state index contributed by atoms with van der Waals surface area (Å²) in [6.45, 7) is 4.00. The highest BCUT2D eigenvalue weighted by atomic mass is 35.5. The second-order valence-electron chi connectivity index (χ2n) is 6.62. The van der Waals surface area contributed by atoms with Crippen molar-refractivity contribution in [2.75, 3.05) is 0 Å². The maximum atomic E-state index is 6.05. The van der Waals surface area contributed by atoms with Crippen LogP contribution in [0.1, 0.15) is 13.8 Å². The van der Waals surface area contributed by atoms with Gasteiger partial charge in [0, 0.05) is 10.6 Å². The van der Waals surface area contributed by atoms with Crippen molar-refractivity contribution in [3.05, 3.63) is 77.8 Å². The monoisotopic (exact) mass is 390 g/mol. The molecule has 0 radical (unpaired) electrons. The van der Waals surface area contributed by atoms with Crippen LogP contribution in [0.5, 0.6) is 17.4 Å². The van der Waals surface area contributed by atoms with Crippen LogP contribution in [-0.2, 0) is 0 Å². The normalized spacial score (nSPS) is 11.0. The number of aromatic nitrogens is 2. The summed E-state index contributed by atoms with van der Waals surface area (Å²) in [6.07, 6.45) is 0.127. The van der Waals surface area contributed by atoms with Gasteiger partial charge in [0.25, 0.3) is 0 Å². The second-order valence-corrected chi connectivity index (χ2v) is 7.05. The Morgan fingerprint density at radius 3 is 2.18 bits per heavy atom. The number of hydrogen-bond donors (Lipinski definition) is 0. The lowest BCUT2D eigenvalue weighted by Crippen LogP contribution is -2.05. The number of benzene rings is 3. The Balaban J connectivity index is 1.74. The molecule has 0 saturated carbocycles. The fourth-order valence-corrected chi connectivity index (χ4v) is 2.95. The van der Waals surface area contributed by atoms with Crippen LogP contribution in [0.2, 0.25) is 5.02 Å². The Hall–Kier alpha value is -3.11. The minimum atomic E-state index is 0.127. The molecule has 28 heavy (non-hydrogen) atoms. The predicted octanol–water partition coefficient (Wildman–Crippen LogP) is 6.53. The molecule has 0 saturated heterocycles. The molecule has 0 amide bonds. The van der Waals surface area contributed by atoms with Gasteiger partial charge in [0.05, 0.1) is 17.0 Å². The molecule has 0 spiro atoms. The average Bonchev–Trinajstić information content (AvgIpc) is 2.70. The molecule has 140 valence electrons. The molecule has 1 aromatic heterocycles. The van der Waals surface area contributed by atoms with Crippen LogP contribution in [0, 0.1) is 0 Å². The van der Waals surface area contributed by atoms with E-state index in [-0.39, 0.29) is 6.10 Å². The van der Waals surface area contributed by atoms with Crippen molar-refractivity contribution in [2.45, 2.75) is 20.0 Å². The molecule has 4 aromatic rings. The minimum absolute atomic E-state index is 0.127. The molecule has 0 aliphatic carbocycles. The van der Waals surface area contributed by atoms with E-state index in [1.54, 1.807) is 12.1 Å². The zero-order valence-electron chi connectivity index (χ0n) is 15.6. The average molecular weight is 391 g/mol. The van der Waals surface area contributed by atoms with Gasteiger partial charge in [0.2, 0.25) is 5.88 Å². The molecule has 3 aromatic carbocycles. The summed E-state index contributed by atoms with van der Waals surface area (Å²) in [6, 6.07) is 22.7. The van der Waals surface area contributed by atoms with Gasteiger partial charge in [-0.1, -0.05) is 23.7 Å². The maximum Gasteiger partial charge on any atom is 0.230 e. The summed E-state index contributed by atoms with van der Waals surface area (Å²) in [5, 5.41) is 1.50. The first-order valence-electron chi connectivity index (χ1n) is 9.06. The zero-order valence-corrected chi connectivity index (χ0v) is 16.4. The standard InChI is InChI=1S/C23H19ClN2O2/c1-15(2)27-18-11-7-16(8-12-18)22-25-21-6-4-3-5-20(21)23(26-22)28-19-13-9-17(24)10-14-19/h3-15H,1-2H3. The van der Waals surface area contributed by atoms with Crippen LogP contribution < -0.4 is 9.47 Å². The van der Waals surface area contributed by atoms with E-state index in [2.05, 4.69) is 4.98 Å². The summed E-state index contributed by atoms with van der Waals surface area (Å²) in [5.74, 6) is 2.58. The molecule has 1 heterocycles. The summed E-state index contributed by atoms with van der Waals surface area (Å²) in [7, 11) is 0. The van der Waals surface area contributed by atoms with E-state index in [4.69, 9.17) is 26.1 Å². The van der Waals surface area contributed by atoms with E-state index in [9.17, 15) is 0 Å². The van der Waals surface area contributed by atoms with Gasteiger partial charge < -0.3 is 9.47 Å². The lowest BCUT2D eigenvalue weighted by atomic mass is 10.2. The number of fused-ring (bicyclic) bond motifs is 1. The van der Waals surface area contributed by atoms with Crippen LogP contribution in [0.15, 0.2) is 72.8 Å². The van der Waals surface area contributed by atoms with Gasteiger partial charge in [0.1, 0.15) is 11.5 Å². The number of rotatable bonds is 5. The highest BCUT2D eigenvalue weighted by molar-refractivity contribution is 6.30. The van der Waals surface area contributed by atoms with Crippen LogP contribution >= 0.6 is 11.6 Å². The van der Waals surface area contributed by atoms with Gasteiger partial charge in [-0.05, 0) is 74.5 Å². The highest BCUT2D eigenvalue weighted by Crippen LogP contribution is 2.31. The van der Waals surface area contributed by atoms with E-state index in [1.807, 2.05) is 74.5 Å². The SMILES string of the molecule is CC(C)Oc1ccc(-c2nc(Oc3ccc(Cl)cc3)c3ccccc3n2)cc1. The molecular weight excluding hydrogens is 372 g/mol. The molecule has 5 heteroatoms. The van der Waals surface area contributed by atoms with Crippen molar-refractivity contribution < 1.29 is 9.47 Å². The van der Waals surface area contributed by atoms with E-state index in [0.717, 1.165) is 22.2 Å². The van der Waals surface area contributed by atoms with Crippen LogP contribution in [0.4, 0.5) is 0 Å². The molecule has 0 bridgehead atoms. The van der Waals surface area contributed by atoms with E-state index in [0.29, 0.717) is 22.5 Å². The first-order chi connectivity index (χ1) is 13.6. The summed E-state index contributed by atoms with van der Waals surface area (Å²) in [5.41, 5.74) is 1.71. The topological polar surface area (TPSA) is 44.2 Å². The van der Waals surface area contributed by atoms with Gasteiger partial charge in [-0.3, -0.25) is 0 Å². The Morgan fingerprint density at radius 1 is 0.786 bits per heavy atom. The Morgan fingerprint density at radius 2 is 1.46 bits per heavy atom. The second kappa shape index (κ2) is 7.87. The van der Waals surface area contributed by atoms with Crippen LogP contribution in [0.25, 0.3) is 22.3 Å². The summed E-state index contributed by atoms with van der Waals surface area (Å²) < 4.78 is 11.8. The van der Waals surface area contributed by atoms with Gasteiger partial charge in [-0.2, -0.15) is 4.98 Å². The fourth-order valence-electron chi connectivity index (χ4n) is 2.82. The van der Waals surface area contributed by atoms with E-state index >= 15 is 0 Å². The van der Waals surface area contributed by atoms with Crippen molar-refractivity contribution >= 4 is 22.5 Å². The molecule has 0 unspecified atom stereocenters. The summed E-state index contributed by atoms with van der Waals surface area (Å²) in [4.78, 5) is 9.37. The van der Waals surface area contributed by atoms with Gasteiger partial charge in [0.15, 0.2) is 5.82 Å². The van der Waals surface area contributed by atoms with Crippen molar-refractivity contribution in [3.8, 4) is 28.8 Å². The fraction of sp³-hybridized carbons (Fsp3) is 0.130. The number of hydrogen-bond acceptors (Lipinski definition) is 4. The third-order valence-corrected chi connectivity index (χ3v) is 4.33. The number of para-hydroxylation sites is 1. The lowest BCUT2D eigenvalue weighted by Gasteiger charge is -2.12. The largest absolute Gasteiger partial charge is 0.491 e. The van der Waals surface area contributed by atoms with Crippen molar-refractivity contribution in [2.24, 2.45) is 0 Å². The lowest BCUT2D eigenvalue weighted by molar-refractivity contribution is 0.242. The maximum absolute atomic E-state index is 6.05. The molecular formula is C23H19ClN2O2. The number of halogens is 1. The van der Waals surface area contributed by atoms with E-state index in [1.165, 1.54) is 0 Å². The predicted molar refractivity (Wildman–Crippen MR) is 112 cm³/mol. The molecule has 4 rings (SSSR count). The van der Waals surface area contributed by atoms with Crippen LogP contribution in [0.3, 0.4) is 0 Å². The molecule has 0 atom stereocenters. The Kier molecular flexibility index (Phi) is 5.13. The third-order valence-electron chi connectivity index (χ3n) is 4.08. The number of ether oxygens (including phenoxy) is 2. The van der Waals surface area contributed by atoms with Gasteiger partial charge in [-0.25, -0.2) is 4.98 Å². The first-order valence-corrected chi connectivity index (χ1v) is 9.43. The van der Waals surface area contributed by atoms with E-state index < -0.39 is 0 Å². The molecule has 0 aliphatic rings. The number of nitrogens with zero attached hydrogens (tertiary/aromatic N) is 2. The Labute approximate surface area is 168 Å². The van der Waals surface area contributed by atoms with Crippen molar-refractivity contribution in [1.82, 2.24) is 9.97 Å². The molecule has 0 aliphatic heterocycles. The molecule has 4 nitrogen and oxygen atoms in total. The van der Waals surface area contributed by atoms with Crippen molar-refractivity contribution in [1.29, 1.82) is 0 Å². The molecule has 0 N–H and O–H groups in total. The Bertz CT molecular complexity index is 1090. The first kappa shape index (κ1) is 18.3. The van der Waals surface area contributed by atoms with Crippen molar-refractivity contribution in [3.63, 3.8) is 0 Å². The quantitative estimate of drug-likeness (QED) is 0.388. The highest BCUT2D eigenvalue weighted by Gasteiger charge is 2.12.